The third-order valence-electron chi connectivity index (χ3n) is 2.36. The molecule has 0 fully saturated rings. The van der Waals surface area contributed by atoms with Crippen LogP contribution in [0.5, 0.6) is 0 Å². The Hall–Kier alpha value is -1.30. The zero-order chi connectivity index (χ0) is 9.10. The molecular weight excluding hydrogens is 156 g/mol. The van der Waals surface area contributed by atoms with Gasteiger partial charge in [0.1, 0.15) is 0 Å². The van der Waals surface area contributed by atoms with Crippen molar-refractivity contribution >= 4 is 12.2 Å². The van der Waals surface area contributed by atoms with Gasteiger partial charge in [-0.25, -0.2) is 0 Å². The Balaban J connectivity index is 2.55. The lowest BCUT2D eigenvalue weighted by molar-refractivity contribution is 1.18. The van der Waals surface area contributed by atoms with Crippen LogP contribution in [0.2, 0.25) is 0 Å². The highest BCUT2D eigenvalue weighted by molar-refractivity contribution is 5.55. The summed E-state index contributed by atoms with van der Waals surface area (Å²) in [6.45, 7) is 2.18. The summed E-state index contributed by atoms with van der Waals surface area (Å²) in [5.74, 6) is 0. The van der Waals surface area contributed by atoms with E-state index in [1.54, 1.807) is 0 Å². The standard InChI is InChI=1S/C13H14/c1-2-5-11-8-9-12-6-3-4-7-13(12)10-11/h3-7,9-10H,2,8H2,1H3. The van der Waals surface area contributed by atoms with E-state index in [9.17, 15) is 0 Å². The molecule has 0 heterocycles. The van der Waals surface area contributed by atoms with E-state index in [4.69, 9.17) is 0 Å². The Labute approximate surface area is 78.9 Å². The molecule has 0 amide bonds. The predicted molar refractivity (Wildman–Crippen MR) is 57.6 cm³/mol. The second-order valence-electron chi connectivity index (χ2n) is 3.37. The lowest BCUT2D eigenvalue weighted by atomic mass is 10.0. The molecule has 0 aromatic heterocycles. The van der Waals surface area contributed by atoms with Crippen LogP contribution in [0, 0.1) is 0 Å². The van der Waals surface area contributed by atoms with Gasteiger partial charge in [-0.05, 0) is 28.9 Å². The summed E-state index contributed by atoms with van der Waals surface area (Å²) in [5, 5.41) is 2.73. The van der Waals surface area contributed by atoms with Crippen molar-refractivity contribution in [1.29, 1.82) is 0 Å². The normalized spacial score (nSPS) is 17.5. The van der Waals surface area contributed by atoms with Crippen LogP contribution in [0.4, 0.5) is 0 Å². The molecule has 0 aliphatic heterocycles. The van der Waals surface area contributed by atoms with E-state index in [2.05, 4.69) is 49.4 Å². The number of hydrogen-bond donors (Lipinski definition) is 0. The Morgan fingerprint density at radius 2 is 2.00 bits per heavy atom. The molecule has 1 aliphatic rings. The highest BCUT2D eigenvalue weighted by Crippen LogP contribution is 2.07. The number of benzene rings is 1. The van der Waals surface area contributed by atoms with Gasteiger partial charge in [0.2, 0.25) is 0 Å². The summed E-state index contributed by atoms with van der Waals surface area (Å²) in [5.41, 5.74) is 1.45. The fourth-order valence-corrected chi connectivity index (χ4v) is 1.72. The molecular formula is C13H14. The highest BCUT2D eigenvalue weighted by Gasteiger charge is 1.96. The summed E-state index contributed by atoms with van der Waals surface area (Å²) < 4.78 is 0. The molecule has 0 unspecified atom stereocenters. The molecule has 0 saturated carbocycles. The lowest BCUT2D eigenvalue weighted by Crippen LogP contribution is -2.26. The first-order valence-electron chi connectivity index (χ1n) is 4.86. The topological polar surface area (TPSA) is 0 Å². The maximum atomic E-state index is 2.30. The molecule has 0 atom stereocenters. The monoisotopic (exact) mass is 170 g/mol. The summed E-state index contributed by atoms with van der Waals surface area (Å²) in [4.78, 5) is 0. The molecule has 0 saturated heterocycles. The Kier molecular flexibility index (Phi) is 2.31. The molecule has 1 aromatic carbocycles. The van der Waals surface area contributed by atoms with Crippen molar-refractivity contribution in [2.24, 2.45) is 0 Å². The minimum absolute atomic E-state index is 1.09. The third-order valence-corrected chi connectivity index (χ3v) is 2.36. The number of fused-ring (bicyclic) bond motifs is 1. The van der Waals surface area contributed by atoms with Gasteiger partial charge in [0, 0.05) is 0 Å². The largest absolute Gasteiger partial charge is 0.0813 e. The van der Waals surface area contributed by atoms with Crippen LogP contribution in [0.25, 0.3) is 12.2 Å². The Morgan fingerprint density at radius 3 is 2.77 bits per heavy atom. The molecule has 0 spiro atoms. The maximum Gasteiger partial charge on any atom is -0.00912 e. The van der Waals surface area contributed by atoms with Crippen LogP contribution in [-0.4, -0.2) is 0 Å². The van der Waals surface area contributed by atoms with Gasteiger partial charge >= 0.3 is 0 Å². The van der Waals surface area contributed by atoms with Gasteiger partial charge < -0.3 is 0 Å². The molecule has 0 nitrogen and oxygen atoms in total. The molecule has 1 aliphatic carbocycles. The van der Waals surface area contributed by atoms with Crippen molar-refractivity contribution in [1.82, 2.24) is 0 Å². The van der Waals surface area contributed by atoms with Gasteiger partial charge in [0.05, 0.1) is 0 Å². The van der Waals surface area contributed by atoms with Crippen molar-refractivity contribution < 1.29 is 0 Å². The average molecular weight is 170 g/mol. The van der Waals surface area contributed by atoms with E-state index in [0.29, 0.717) is 0 Å². The van der Waals surface area contributed by atoms with Gasteiger partial charge in [0.15, 0.2) is 0 Å². The Morgan fingerprint density at radius 1 is 1.23 bits per heavy atom. The highest BCUT2D eigenvalue weighted by atomic mass is 14.0. The molecule has 13 heavy (non-hydrogen) atoms. The van der Waals surface area contributed by atoms with Crippen LogP contribution in [0.3, 0.4) is 0 Å². The van der Waals surface area contributed by atoms with Crippen LogP contribution < -0.4 is 10.4 Å². The van der Waals surface area contributed by atoms with Gasteiger partial charge in [-0.2, -0.15) is 0 Å². The first kappa shape index (κ1) is 8.31. The number of hydrogen-bond acceptors (Lipinski definition) is 0. The number of rotatable bonds is 1. The maximum absolute atomic E-state index is 2.30. The van der Waals surface area contributed by atoms with E-state index >= 15 is 0 Å². The molecule has 0 N–H and O–H groups in total. The van der Waals surface area contributed by atoms with E-state index in [0.717, 1.165) is 12.8 Å². The van der Waals surface area contributed by atoms with Crippen molar-refractivity contribution in [2.45, 2.75) is 19.8 Å². The van der Waals surface area contributed by atoms with E-state index in [1.165, 1.54) is 16.0 Å². The van der Waals surface area contributed by atoms with Crippen molar-refractivity contribution in [3.8, 4) is 0 Å². The first-order chi connectivity index (χ1) is 6.40. The summed E-state index contributed by atoms with van der Waals surface area (Å²) in [6.07, 6.45) is 9.11. The minimum atomic E-state index is 1.09. The molecule has 0 heteroatoms. The van der Waals surface area contributed by atoms with Gasteiger partial charge in [0.25, 0.3) is 0 Å². The zero-order valence-corrected chi connectivity index (χ0v) is 7.96. The fourth-order valence-electron chi connectivity index (χ4n) is 1.72. The average Bonchev–Trinajstić information content (AvgIpc) is 2.18. The SMILES string of the molecule is CCC=C1C=c2ccccc2=CC1. The van der Waals surface area contributed by atoms with Crippen molar-refractivity contribution in [3.63, 3.8) is 0 Å². The second-order valence-corrected chi connectivity index (χ2v) is 3.37. The predicted octanol–water partition coefficient (Wildman–Crippen LogP) is 1.99. The van der Waals surface area contributed by atoms with Crippen molar-refractivity contribution in [3.05, 3.63) is 46.4 Å². The molecule has 2 rings (SSSR count). The molecule has 66 valence electrons. The van der Waals surface area contributed by atoms with E-state index in [-0.39, 0.29) is 0 Å². The van der Waals surface area contributed by atoms with Crippen LogP contribution >= 0.6 is 0 Å². The van der Waals surface area contributed by atoms with Gasteiger partial charge in [-0.3, -0.25) is 0 Å². The van der Waals surface area contributed by atoms with Crippen molar-refractivity contribution in [2.75, 3.05) is 0 Å². The lowest BCUT2D eigenvalue weighted by Gasteiger charge is -2.03. The summed E-state index contributed by atoms with van der Waals surface area (Å²) in [7, 11) is 0. The fraction of sp³-hybridized carbons (Fsp3) is 0.231. The van der Waals surface area contributed by atoms with Crippen LogP contribution in [-0.2, 0) is 0 Å². The van der Waals surface area contributed by atoms with Crippen LogP contribution in [0.1, 0.15) is 19.8 Å². The van der Waals surface area contributed by atoms with Gasteiger partial charge in [-0.1, -0.05) is 49.4 Å². The molecule has 0 radical (unpaired) electrons. The first-order valence-corrected chi connectivity index (χ1v) is 4.86. The smallest absolute Gasteiger partial charge is 0.00912 e. The summed E-state index contributed by atoms with van der Waals surface area (Å²) in [6, 6.07) is 8.54. The zero-order valence-electron chi connectivity index (χ0n) is 7.96. The van der Waals surface area contributed by atoms with Gasteiger partial charge in [-0.15, -0.1) is 0 Å². The minimum Gasteiger partial charge on any atom is -0.0813 e. The van der Waals surface area contributed by atoms with Crippen LogP contribution in [0.15, 0.2) is 35.9 Å². The number of allylic oxidation sites excluding steroid dienone is 2. The quantitative estimate of drug-likeness (QED) is 0.604. The van der Waals surface area contributed by atoms with E-state index < -0.39 is 0 Å². The summed E-state index contributed by atoms with van der Waals surface area (Å²) >= 11 is 0. The molecule has 0 bridgehead atoms. The van der Waals surface area contributed by atoms with E-state index in [1.807, 2.05) is 0 Å². The second kappa shape index (κ2) is 3.61. The Bertz CT molecular complexity index is 435. The molecule has 1 aromatic rings. The third kappa shape index (κ3) is 1.72.